The smallest absolute Gasteiger partial charge is 0.262 e. The Bertz CT molecular complexity index is 1300. The zero-order chi connectivity index (χ0) is 24.7. The van der Waals surface area contributed by atoms with E-state index in [1.54, 1.807) is 6.07 Å². The standard InChI is InChI=1S/C22H22Cl2N6O3S/c1-9(2)27-19(25)16-20(32)29-34-21(16)28-11-4-5-15(31)13(7-11)22(33)30-10(3)6-12-14(30)8-26-18(24)17(12)23/h4-5,7-10,28,31H,6H2,1-3H3,(H2,25,27)(H,29,32). The summed E-state index contributed by atoms with van der Waals surface area (Å²) in [5.74, 6) is -0.865. The Morgan fingerprint density at radius 3 is 2.76 bits per heavy atom. The van der Waals surface area contributed by atoms with Crippen molar-refractivity contribution in [3.05, 3.63) is 51.3 Å². The summed E-state index contributed by atoms with van der Waals surface area (Å²) in [6.45, 7) is 5.63. The minimum Gasteiger partial charge on any atom is -0.507 e. The molecule has 1 amide bonds. The van der Waals surface area contributed by atoms with E-state index in [0.717, 1.165) is 17.1 Å². The third kappa shape index (κ3) is 4.36. The number of halogens is 2. The number of pyridine rings is 1. The number of fused-ring (bicyclic) bond motifs is 1. The van der Waals surface area contributed by atoms with Crippen molar-refractivity contribution in [3.63, 3.8) is 0 Å². The summed E-state index contributed by atoms with van der Waals surface area (Å²) >= 11 is 13.3. The highest BCUT2D eigenvalue weighted by atomic mass is 35.5. The number of benzene rings is 1. The Hall–Kier alpha value is -3.08. The first-order chi connectivity index (χ1) is 16.1. The molecule has 3 aromatic rings. The minimum absolute atomic E-state index is 0.0132. The van der Waals surface area contributed by atoms with Gasteiger partial charge in [0.1, 0.15) is 27.3 Å². The largest absolute Gasteiger partial charge is 0.507 e. The Kier molecular flexibility index (Phi) is 6.57. The zero-order valence-electron chi connectivity index (χ0n) is 18.5. The van der Waals surface area contributed by atoms with Crippen LogP contribution in [0.1, 0.15) is 42.3 Å². The summed E-state index contributed by atoms with van der Waals surface area (Å²) in [6, 6.07) is 4.27. The van der Waals surface area contributed by atoms with Crippen molar-refractivity contribution in [1.29, 1.82) is 5.41 Å². The van der Waals surface area contributed by atoms with Crippen LogP contribution in [-0.2, 0) is 6.42 Å². The fraction of sp³-hybridized carbons (Fsp3) is 0.273. The molecule has 178 valence electrons. The molecular weight excluding hydrogens is 499 g/mol. The molecule has 5 N–H and O–H groups in total. The predicted molar refractivity (Wildman–Crippen MR) is 135 cm³/mol. The van der Waals surface area contributed by atoms with E-state index in [1.165, 1.54) is 23.2 Å². The third-order valence-electron chi connectivity index (χ3n) is 5.32. The van der Waals surface area contributed by atoms with Gasteiger partial charge in [-0.15, -0.1) is 0 Å². The van der Waals surface area contributed by atoms with Crippen molar-refractivity contribution < 1.29 is 15.0 Å². The van der Waals surface area contributed by atoms with Crippen LogP contribution >= 0.6 is 34.7 Å². The van der Waals surface area contributed by atoms with E-state index in [2.05, 4.69) is 20.0 Å². The number of rotatable bonds is 5. The number of aromatic nitrogens is 2. The topological polar surface area (TPSA) is 134 Å². The number of aromatic hydroxyl groups is 2. The van der Waals surface area contributed by atoms with Gasteiger partial charge in [-0.05, 0) is 56.9 Å². The molecule has 2 aromatic heterocycles. The quantitative estimate of drug-likeness (QED) is 0.139. The third-order valence-corrected chi connectivity index (χ3v) is 6.86. The lowest BCUT2D eigenvalue weighted by atomic mass is 10.1. The van der Waals surface area contributed by atoms with Gasteiger partial charge in [0.15, 0.2) is 0 Å². The summed E-state index contributed by atoms with van der Waals surface area (Å²) in [4.78, 5) is 19.1. The monoisotopic (exact) mass is 520 g/mol. The van der Waals surface area contributed by atoms with Gasteiger partial charge in [0, 0.05) is 23.3 Å². The number of nitrogens with one attached hydrogen (secondary N) is 3. The van der Waals surface area contributed by atoms with Crippen molar-refractivity contribution in [1.82, 2.24) is 14.7 Å². The number of anilines is 3. The van der Waals surface area contributed by atoms with Gasteiger partial charge >= 0.3 is 0 Å². The Labute approximate surface area is 210 Å². The molecule has 1 aromatic carbocycles. The Balaban J connectivity index is 1.66. The molecule has 1 atom stereocenters. The fourth-order valence-electron chi connectivity index (χ4n) is 3.82. The van der Waals surface area contributed by atoms with Crippen LogP contribution in [0.25, 0.3) is 0 Å². The number of phenolic OH excluding ortho intramolecular Hbond substituents is 1. The van der Waals surface area contributed by atoms with Gasteiger partial charge in [-0.3, -0.25) is 10.2 Å². The van der Waals surface area contributed by atoms with Crippen LogP contribution in [0.4, 0.5) is 16.4 Å². The molecule has 9 nitrogen and oxygen atoms in total. The molecule has 1 aliphatic heterocycles. The SMILES string of the molecule is CC(C)NC(=N)c1c(O)nsc1Nc1ccc(O)c(C(=O)N2c3cnc(Cl)c(Cl)c3CC2C)c1. The molecule has 1 aliphatic rings. The normalized spacial score (nSPS) is 14.9. The molecule has 12 heteroatoms. The maximum Gasteiger partial charge on any atom is 0.262 e. The molecule has 0 fully saturated rings. The van der Waals surface area contributed by atoms with Crippen LogP contribution in [0, 0.1) is 5.41 Å². The lowest BCUT2D eigenvalue weighted by Gasteiger charge is -2.23. The first kappa shape index (κ1) is 24.1. The molecule has 0 saturated carbocycles. The summed E-state index contributed by atoms with van der Waals surface area (Å²) in [5, 5.41) is 35.8. The number of amidine groups is 1. The van der Waals surface area contributed by atoms with Crippen molar-refractivity contribution in [2.24, 2.45) is 0 Å². The highest BCUT2D eigenvalue weighted by molar-refractivity contribution is 7.11. The molecule has 34 heavy (non-hydrogen) atoms. The van der Waals surface area contributed by atoms with E-state index in [1.807, 2.05) is 20.8 Å². The Morgan fingerprint density at radius 2 is 2.06 bits per heavy atom. The van der Waals surface area contributed by atoms with Crippen molar-refractivity contribution in [2.45, 2.75) is 39.3 Å². The van der Waals surface area contributed by atoms with E-state index in [4.69, 9.17) is 28.6 Å². The first-order valence-corrected chi connectivity index (χ1v) is 11.9. The van der Waals surface area contributed by atoms with Crippen LogP contribution in [-0.4, -0.2) is 43.4 Å². The second kappa shape index (κ2) is 9.28. The predicted octanol–water partition coefficient (Wildman–Crippen LogP) is 4.91. The van der Waals surface area contributed by atoms with Gasteiger partial charge < -0.3 is 25.7 Å². The minimum atomic E-state index is -0.422. The number of amides is 1. The molecule has 0 saturated heterocycles. The molecule has 0 radical (unpaired) electrons. The van der Waals surface area contributed by atoms with Gasteiger partial charge in [0.25, 0.3) is 5.91 Å². The van der Waals surface area contributed by atoms with Crippen LogP contribution < -0.4 is 15.5 Å². The zero-order valence-corrected chi connectivity index (χ0v) is 20.8. The van der Waals surface area contributed by atoms with Crippen molar-refractivity contribution in [3.8, 4) is 11.6 Å². The van der Waals surface area contributed by atoms with Gasteiger partial charge in [-0.2, -0.15) is 4.37 Å². The van der Waals surface area contributed by atoms with E-state index < -0.39 is 5.91 Å². The summed E-state index contributed by atoms with van der Waals surface area (Å²) in [7, 11) is 0. The molecule has 0 bridgehead atoms. The second-order valence-corrected chi connectivity index (χ2v) is 9.71. The molecule has 0 aliphatic carbocycles. The lowest BCUT2D eigenvalue weighted by Crippen LogP contribution is -2.35. The van der Waals surface area contributed by atoms with Crippen LogP contribution in [0.3, 0.4) is 0 Å². The molecule has 4 rings (SSSR count). The lowest BCUT2D eigenvalue weighted by molar-refractivity contribution is 0.0979. The highest BCUT2D eigenvalue weighted by Gasteiger charge is 2.35. The van der Waals surface area contributed by atoms with E-state index in [0.29, 0.717) is 27.8 Å². The average Bonchev–Trinajstić information content (AvgIpc) is 3.30. The number of hydrogen-bond donors (Lipinski definition) is 5. The van der Waals surface area contributed by atoms with Gasteiger partial charge in [0.05, 0.1) is 22.5 Å². The number of hydrogen-bond acceptors (Lipinski definition) is 8. The fourth-order valence-corrected chi connectivity index (χ4v) is 4.93. The van der Waals surface area contributed by atoms with Crippen LogP contribution in [0.15, 0.2) is 24.4 Å². The first-order valence-electron chi connectivity index (χ1n) is 10.4. The molecule has 3 heterocycles. The summed E-state index contributed by atoms with van der Waals surface area (Å²) in [5.41, 5.74) is 2.05. The average molecular weight is 521 g/mol. The number of carbonyl (C=O) groups excluding carboxylic acids is 1. The number of nitrogens with zero attached hydrogens (tertiary/aromatic N) is 3. The summed E-state index contributed by atoms with van der Waals surface area (Å²) < 4.78 is 3.93. The molecule has 1 unspecified atom stereocenters. The second-order valence-electron chi connectivity index (χ2n) is 8.20. The van der Waals surface area contributed by atoms with Gasteiger partial charge in [0.2, 0.25) is 5.88 Å². The summed E-state index contributed by atoms with van der Waals surface area (Å²) in [6.07, 6.45) is 2.01. The van der Waals surface area contributed by atoms with E-state index >= 15 is 0 Å². The Morgan fingerprint density at radius 1 is 1.32 bits per heavy atom. The van der Waals surface area contributed by atoms with Gasteiger partial charge in [-0.1, -0.05) is 23.2 Å². The van der Waals surface area contributed by atoms with E-state index in [-0.39, 0.29) is 45.8 Å². The van der Waals surface area contributed by atoms with Crippen molar-refractivity contribution in [2.75, 3.05) is 10.2 Å². The van der Waals surface area contributed by atoms with Crippen molar-refractivity contribution >= 4 is 62.9 Å². The maximum absolute atomic E-state index is 13.5. The van der Waals surface area contributed by atoms with Gasteiger partial charge in [-0.25, -0.2) is 4.98 Å². The molecular formula is C22H22Cl2N6O3S. The highest BCUT2D eigenvalue weighted by Crippen LogP contribution is 2.41. The molecule has 0 spiro atoms. The number of carbonyl (C=O) groups is 1. The maximum atomic E-state index is 13.5. The number of phenols is 1. The van der Waals surface area contributed by atoms with Crippen LogP contribution in [0.2, 0.25) is 10.2 Å². The van der Waals surface area contributed by atoms with Crippen LogP contribution in [0.5, 0.6) is 11.6 Å². The van der Waals surface area contributed by atoms with E-state index in [9.17, 15) is 15.0 Å².